The van der Waals surface area contributed by atoms with Gasteiger partial charge in [0.15, 0.2) is 17.5 Å². The Labute approximate surface area is 188 Å². The Morgan fingerprint density at radius 1 is 1.07 bits per heavy atom. The molecular weight excluding hydrogens is 486 g/mol. The number of nitrogens with zero attached hydrogens (tertiary/aromatic N) is 2. The van der Waals surface area contributed by atoms with Crippen LogP contribution in [0.25, 0.3) is 0 Å². The van der Waals surface area contributed by atoms with E-state index >= 15 is 0 Å². The zero-order valence-corrected chi connectivity index (χ0v) is 19.3. The second-order valence-electron chi connectivity index (χ2n) is 6.95. The fourth-order valence-electron chi connectivity index (χ4n) is 3.03. The third-order valence-corrected chi connectivity index (χ3v) is 4.42. The van der Waals surface area contributed by atoms with Crippen LogP contribution in [-0.4, -0.2) is 45.3 Å². The van der Waals surface area contributed by atoms with Crippen molar-refractivity contribution in [2.45, 2.75) is 19.5 Å². The number of rotatable bonds is 7. The van der Waals surface area contributed by atoms with Crippen molar-refractivity contribution >= 4 is 29.9 Å². The molecule has 2 N–H and O–H groups in total. The minimum absolute atomic E-state index is 0. The highest BCUT2D eigenvalue weighted by Gasteiger charge is 2.13. The molecule has 2 aromatic rings. The highest BCUT2D eigenvalue weighted by Crippen LogP contribution is 2.32. The lowest BCUT2D eigenvalue weighted by molar-refractivity contribution is 0.174. The number of fused-ring (bicyclic) bond motifs is 1. The zero-order valence-electron chi connectivity index (χ0n) is 17.0. The average molecular weight is 514 g/mol. The first-order valence-electron chi connectivity index (χ1n) is 9.30. The van der Waals surface area contributed by atoms with Gasteiger partial charge in [-0.05, 0) is 55.9 Å². The Balaban J connectivity index is 0.00000300. The predicted molar refractivity (Wildman–Crippen MR) is 124 cm³/mol. The number of guanidine groups is 1. The second kappa shape index (κ2) is 11.2. The molecule has 0 aromatic heterocycles. The lowest BCUT2D eigenvalue weighted by Crippen LogP contribution is -2.37. The molecule has 0 saturated carbocycles. The van der Waals surface area contributed by atoms with Crippen molar-refractivity contribution in [3.8, 4) is 11.5 Å². The van der Waals surface area contributed by atoms with E-state index in [1.807, 2.05) is 43.3 Å². The molecule has 2 aromatic carbocycles. The molecule has 0 radical (unpaired) electrons. The Bertz CT molecular complexity index is 845. The van der Waals surface area contributed by atoms with Gasteiger partial charge in [0, 0.05) is 32.2 Å². The van der Waals surface area contributed by atoms with Crippen LogP contribution in [0.2, 0.25) is 0 Å². The van der Waals surface area contributed by atoms with E-state index in [1.165, 1.54) is 11.6 Å². The van der Waals surface area contributed by atoms with E-state index in [-0.39, 0.29) is 36.6 Å². The van der Waals surface area contributed by atoms with Crippen LogP contribution in [0.4, 0.5) is 4.39 Å². The lowest BCUT2D eigenvalue weighted by atomic mass is 10.1. The summed E-state index contributed by atoms with van der Waals surface area (Å²) in [5.41, 5.74) is 2.87. The normalized spacial score (nSPS) is 12.7. The summed E-state index contributed by atoms with van der Waals surface area (Å²) >= 11 is 0. The number of halogens is 2. The fourth-order valence-corrected chi connectivity index (χ4v) is 3.03. The number of benzene rings is 2. The van der Waals surface area contributed by atoms with Crippen LogP contribution in [-0.2, 0) is 19.5 Å². The molecule has 6 nitrogen and oxygen atoms in total. The van der Waals surface area contributed by atoms with Gasteiger partial charge in [0.2, 0.25) is 6.79 Å². The molecule has 0 fully saturated rings. The molecule has 0 aliphatic carbocycles. The summed E-state index contributed by atoms with van der Waals surface area (Å²) in [5, 5.41) is 6.57. The lowest BCUT2D eigenvalue weighted by Gasteiger charge is -2.14. The van der Waals surface area contributed by atoms with E-state index in [4.69, 9.17) is 9.47 Å². The number of hydrogen-bond acceptors (Lipinski definition) is 4. The summed E-state index contributed by atoms with van der Waals surface area (Å²) in [7, 11) is 5.59. The number of nitrogens with one attached hydrogen (secondary N) is 2. The number of hydrogen-bond donors (Lipinski definition) is 2. The summed E-state index contributed by atoms with van der Waals surface area (Å²) in [4.78, 5) is 6.20. The summed E-state index contributed by atoms with van der Waals surface area (Å²) in [6, 6.07) is 11.2. The first-order valence-corrected chi connectivity index (χ1v) is 9.30. The summed E-state index contributed by atoms with van der Waals surface area (Å²) < 4.78 is 24.6. The molecule has 1 heterocycles. The third kappa shape index (κ3) is 6.74. The van der Waals surface area contributed by atoms with Crippen molar-refractivity contribution in [1.29, 1.82) is 0 Å². The Kier molecular flexibility index (Phi) is 8.97. The SMILES string of the molecule is CN=C(NCCc1ccc2c(c1)OCO2)NCc1ccc(F)c(CN(C)C)c1.I. The molecule has 29 heavy (non-hydrogen) atoms. The molecule has 0 atom stereocenters. The predicted octanol–water partition coefficient (Wildman–Crippen LogP) is 3.14. The van der Waals surface area contributed by atoms with Gasteiger partial charge in [-0.2, -0.15) is 0 Å². The van der Waals surface area contributed by atoms with Crippen LogP contribution >= 0.6 is 24.0 Å². The first kappa shape index (κ1) is 23.2. The van der Waals surface area contributed by atoms with Gasteiger partial charge >= 0.3 is 0 Å². The van der Waals surface area contributed by atoms with Gasteiger partial charge in [0.1, 0.15) is 5.82 Å². The van der Waals surface area contributed by atoms with Crippen molar-refractivity contribution in [3.63, 3.8) is 0 Å². The van der Waals surface area contributed by atoms with E-state index in [2.05, 4.69) is 15.6 Å². The summed E-state index contributed by atoms with van der Waals surface area (Å²) in [6.07, 6.45) is 0.834. The van der Waals surface area contributed by atoms with Gasteiger partial charge in [0.05, 0.1) is 0 Å². The fraction of sp³-hybridized carbons (Fsp3) is 0.381. The Morgan fingerprint density at radius 2 is 1.83 bits per heavy atom. The molecule has 1 aliphatic rings. The van der Waals surface area contributed by atoms with E-state index in [0.717, 1.165) is 30.0 Å². The van der Waals surface area contributed by atoms with E-state index in [0.29, 0.717) is 24.6 Å². The van der Waals surface area contributed by atoms with Crippen LogP contribution in [0.5, 0.6) is 11.5 Å². The number of ether oxygens (including phenoxy) is 2. The highest BCUT2D eigenvalue weighted by atomic mass is 127. The largest absolute Gasteiger partial charge is 0.454 e. The van der Waals surface area contributed by atoms with Gasteiger partial charge in [-0.15, -0.1) is 24.0 Å². The standard InChI is InChI=1S/C21H27FN4O2.HI/c1-23-21(24-9-8-15-5-7-19-20(11-15)28-14-27-19)25-12-16-4-6-18(22)17(10-16)13-26(2)3;/h4-7,10-11H,8-9,12-14H2,1-3H3,(H2,23,24,25);1H. The van der Waals surface area contributed by atoms with Gasteiger partial charge in [-0.25, -0.2) is 4.39 Å². The van der Waals surface area contributed by atoms with E-state index in [9.17, 15) is 4.39 Å². The first-order chi connectivity index (χ1) is 13.5. The molecule has 0 amide bonds. The van der Waals surface area contributed by atoms with E-state index < -0.39 is 0 Å². The van der Waals surface area contributed by atoms with Crippen molar-refractivity contribution in [2.24, 2.45) is 4.99 Å². The summed E-state index contributed by atoms with van der Waals surface area (Å²) in [6.45, 7) is 2.16. The molecule has 0 unspecified atom stereocenters. The molecule has 0 bridgehead atoms. The van der Waals surface area contributed by atoms with Gasteiger partial charge in [-0.1, -0.05) is 12.1 Å². The van der Waals surface area contributed by atoms with Crippen molar-refractivity contribution in [3.05, 3.63) is 58.9 Å². The molecule has 1 aliphatic heterocycles. The molecule has 3 rings (SSSR count). The minimum Gasteiger partial charge on any atom is -0.454 e. The topological polar surface area (TPSA) is 58.1 Å². The summed E-state index contributed by atoms with van der Waals surface area (Å²) in [5.74, 6) is 2.12. The maximum Gasteiger partial charge on any atom is 0.231 e. The van der Waals surface area contributed by atoms with Crippen LogP contribution in [0.1, 0.15) is 16.7 Å². The van der Waals surface area contributed by atoms with Crippen molar-refractivity contribution in [1.82, 2.24) is 15.5 Å². The quantitative estimate of drug-likeness (QED) is 0.338. The Hall–Kier alpha value is -2.07. The van der Waals surface area contributed by atoms with Gasteiger partial charge < -0.3 is 25.0 Å². The average Bonchev–Trinajstić information content (AvgIpc) is 3.14. The van der Waals surface area contributed by atoms with Crippen LogP contribution in [0, 0.1) is 5.82 Å². The Morgan fingerprint density at radius 3 is 2.59 bits per heavy atom. The molecule has 0 saturated heterocycles. The van der Waals surface area contributed by atoms with E-state index in [1.54, 1.807) is 13.1 Å². The minimum atomic E-state index is -0.177. The third-order valence-electron chi connectivity index (χ3n) is 4.42. The second-order valence-corrected chi connectivity index (χ2v) is 6.95. The van der Waals surface area contributed by atoms with Crippen molar-refractivity contribution < 1.29 is 13.9 Å². The molecular formula is C21H28FIN4O2. The molecule has 8 heteroatoms. The van der Waals surface area contributed by atoms with Crippen LogP contribution < -0.4 is 20.1 Å². The van der Waals surface area contributed by atoms with Gasteiger partial charge in [-0.3, -0.25) is 4.99 Å². The monoisotopic (exact) mass is 514 g/mol. The van der Waals surface area contributed by atoms with Crippen LogP contribution in [0.15, 0.2) is 41.4 Å². The zero-order chi connectivity index (χ0) is 19.9. The van der Waals surface area contributed by atoms with Crippen LogP contribution in [0.3, 0.4) is 0 Å². The maximum atomic E-state index is 13.9. The number of aliphatic imine (C=N–C) groups is 1. The maximum absolute atomic E-state index is 13.9. The smallest absolute Gasteiger partial charge is 0.231 e. The highest BCUT2D eigenvalue weighted by molar-refractivity contribution is 14.0. The molecule has 0 spiro atoms. The van der Waals surface area contributed by atoms with Crippen molar-refractivity contribution in [2.75, 3.05) is 34.5 Å². The molecule has 158 valence electrons. The van der Waals surface area contributed by atoms with Gasteiger partial charge in [0.25, 0.3) is 0 Å².